The summed E-state index contributed by atoms with van der Waals surface area (Å²) < 4.78 is 13.6. The van der Waals surface area contributed by atoms with Gasteiger partial charge in [0.25, 0.3) is 11.5 Å². The van der Waals surface area contributed by atoms with Crippen LogP contribution in [0.3, 0.4) is 0 Å². The lowest BCUT2D eigenvalue weighted by atomic mass is 10.1. The van der Waals surface area contributed by atoms with Crippen molar-refractivity contribution in [1.29, 1.82) is 0 Å². The molecule has 0 aliphatic carbocycles. The maximum atomic E-state index is 13.3. The van der Waals surface area contributed by atoms with Crippen LogP contribution >= 0.6 is 0 Å². The van der Waals surface area contributed by atoms with Gasteiger partial charge in [0.15, 0.2) is 11.3 Å². The maximum Gasteiger partial charge on any atom is 0.291 e. The van der Waals surface area contributed by atoms with Crippen LogP contribution in [0.4, 0.5) is 0 Å². The molecule has 1 aliphatic heterocycles. The molecule has 1 fully saturated rings. The fourth-order valence-corrected chi connectivity index (χ4v) is 4.36. The Hall–Kier alpha value is -3.82. The van der Waals surface area contributed by atoms with Crippen molar-refractivity contribution in [1.82, 2.24) is 24.0 Å². The van der Waals surface area contributed by atoms with Gasteiger partial charge in [-0.25, -0.2) is 4.68 Å². The number of rotatable bonds is 4. The second kappa shape index (κ2) is 7.70. The van der Waals surface area contributed by atoms with Gasteiger partial charge in [-0.3, -0.25) is 18.8 Å². The van der Waals surface area contributed by atoms with E-state index in [1.54, 1.807) is 51.7 Å². The summed E-state index contributed by atoms with van der Waals surface area (Å²) in [6.07, 6.45) is 3.45. The Morgan fingerprint density at radius 3 is 2.50 bits per heavy atom. The summed E-state index contributed by atoms with van der Waals surface area (Å²) in [4.78, 5) is 42.4. The van der Waals surface area contributed by atoms with E-state index in [0.29, 0.717) is 49.5 Å². The molecule has 4 aromatic heterocycles. The van der Waals surface area contributed by atoms with Crippen LogP contribution in [0.5, 0.6) is 0 Å². The fraction of sp³-hybridized carbons (Fsp3) is 0.364. The quantitative estimate of drug-likeness (QED) is 0.484. The predicted molar refractivity (Wildman–Crippen MR) is 114 cm³/mol. The van der Waals surface area contributed by atoms with Gasteiger partial charge in [0.1, 0.15) is 17.4 Å². The number of hydrogen-bond donors (Lipinski definition) is 0. The van der Waals surface area contributed by atoms with Gasteiger partial charge in [0.2, 0.25) is 5.91 Å². The van der Waals surface area contributed by atoms with Crippen molar-refractivity contribution in [3.63, 3.8) is 0 Å². The van der Waals surface area contributed by atoms with Crippen molar-refractivity contribution >= 4 is 28.4 Å². The highest BCUT2D eigenvalue weighted by Gasteiger charge is 2.31. The van der Waals surface area contributed by atoms with Crippen LogP contribution in [0, 0.1) is 6.92 Å². The molecule has 5 heterocycles. The summed E-state index contributed by atoms with van der Waals surface area (Å²) >= 11 is 0. The summed E-state index contributed by atoms with van der Waals surface area (Å²) in [6.45, 7) is 5.22. The van der Waals surface area contributed by atoms with Gasteiger partial charge >= 0.3 is 0 Å². The van der Waals surface area contributed by atoms with Gasteiger partial charge in [0, 0.05) is 38.3 Å². The summed E-state index contributed by atoms with van der Waals surface area (Å²) in [6, 6.07) is 6.04. The summed E-state index contributed by atoms with van der Waals surface area (Å²) in [7, 11) is 0. The Labute approximate surface area is 182 Å². The molecule has 0 spiro atoms. The van der Waals surface area contributed by atoms with Gasteiger partial charge in [-0.2, -0.15) is 5.10 Å². The number of hydrogen-bond acceptors (Lipinski definition) is 6. The molecule has 0 radical (unpaired) electrons. The van der Waals surface area contributed by atoms with Gasteiger partial charge in [-0.15, -0.1) is 0 Å². The van der Waals surface area contributed by atoms with Crippen molar-refractivity contribution in [2.75, 3.05) is 26.2 Å². The Morgan fingerprint density at radius 1 is 1.06 bits per heavy atom. The molecule has 10 heteroatoms. The highest BCUT2D eigenvalue weighted by molar-refractivity contribution is 5.91. The first-order chi connectivity index (χ1) is 15.5. The first kappa shape index (κ1) is 20.1. The first-order valence-corrected chi connectivity index (χ1v) is 10.6. The Morgan fingerprint density at radius 2 is 1.81 bits per heavy atom. The monoisotopic (exact) mass is 437 g/mol. The number of amides is 2. The second-order valence-corrected chi connectivity index (χ2v) is 7.85. The molecule has 1 unspecified atom stereocenters. The van der Waals surface area contributed by atoms with Crippen molar-refractivity contribution < 1.29 is 18.4 Å². The largest absolute Gasteiger partial charge is 0.463 e. The van der Waals surface area contributed by atoms with E-state index in [4.69, 9.17) is 8.83 Å². The fourth-order valence-electron chi connectivity index (χ4n) is 4.36. The number of carbonyl (C=O) groups is 2. The van der Waals surface area contributed by atoms with E-state index in [1.807, 2.05) is 6.92 Å². The van der Waals surface area contributed by atoms with Crippen LogP contribution in [0.2, 0.25) is 0 Å². The normalized spacial score (nSPS) is 15.6. The minimum absolute atomic E-state index is 0.175. The van der Waals surface area contributed by atoms with Gasteiger partial charge < -0.3 is 18.6 Å². The number of nitrogens with zero attached hydrogens (tertiary/aromatic N) is 5. The molecule has 0 N–H and O–H groups in total. The average molecular weight is 437 g/mol. The third-order valence-electron chi connectivity index (χ3n) is 6.00. The van der Waals surface area contributed by atoms with Crippen LogP contribution in [0.1, 0.15) is 35.8 Å². The van der Waals surface area contributed by atoms with Gasteiger partial charge in [-0.05, 0) is 25.5 Å². The minimum Gasteiger partial charge on any atom is -0.463 e. The number of piperazine rings is 1. The lowest BCUT2D eigenvalue weighted by Gasteiger charge is -2.36. The average Bonchev–Trinajstić information content (AvgIpc) is 3.54. The van der Waals surface area contributed by atoms with Crippen molar-refractivity contribution in [3.8, 4) is 0 Å². The molecule has 0 aromatic carbocycles. The lowest BCUT2D eigenvalue weighted by Crippen LogP contribution is -2.52. The molecule has 4 aromatic rings. The van der Waals surface area contributed by atoms with E-state index < -0.39 is 6.04 Å². The smallest absolute Gasteiger partial charge is 0.291 e. The van der Waals surface area contributed by atoms with E-state index in [0.717, 1.165) is 5.52 Å². The van der Waals surface area contributed by atoms with Crippen LogP contribution in [0.25, 0.3) is 16.6 Å². The van der Waals surface area contributed by atoms with Gasteiger partial charge in [-0.1, -0.05) is 6.92 Å². The van der Waals surface area contributed by atoms with E-state index in [-0.39, 0.29) is 23.1 Å². The lowest BCUT2D eigenvalue weighted by molar-refractivity contribution is -0.136. The predicted octanol–water partition coefficient (Wildman–Crippen LogP) is 2.08. The van der Waals surface area contributed by atoms with Crippen LogP contribution in [0.15, 0.2) is 50.4 Å². The highest BCUT2D eigenvalue weighted by Crippen LogP contribution is 2.22. The van der Waals surface area contributed by atoms with Crippen LogP contribution < -0.4 is 5.56 Å². The molecule has 5 rings (SSSR count). The summed E-state index contributed by atoms with van der Waals surface area (Å²) in [5.74, 6) is 0.515. The molecule has 1 aliphatic rings. The zero-order valence-corrected chi connectivity index (χ0v) is 17.9. The molecule has 0 saturated carbocycles. The molecule has 2 amide bonds. The molecule has 0 bridgehead atoms. The number of aryl methyl sites for hydroxylation is 1. The number of carbonyl (C=O) groups excluding carboxylic acids is 2. The topological polar surface area (TPSA) is 106 Å². The van der Waals surface area contributed by atoms with Crippen molar-refractivity contribution in [2.45, 2.75) is 26.3 Å². The Bertz CT molecular complexity index is 1350. The molecule has 166 valence electrons. The third kappa shape index (κ3) is 3.10. The SMILES string of the molecule is CCC(C(=O)N1CCN(C(=O)c2ccco2)CC1)n1nc(C)n2c(cc3occc32)c1=O. The zero-order chi connectivity index (χ0) is 22.4. The molecule has 1 saturated heterocycles. The molecular weight excluding hydrogens is 414 g/mol. The summed E-state index contributed by atoms with van der Waals surface area (Å²) in [5.41, 5.74) is 1.45. The van der Waals surface area contributed by atoms with Crippen molar-refractivity contribution in [3.05, 3.63) is 58.7 Å². The molecule has 10 nitrogen and oxygen atoms in total. The molecular formula is C22H23N5O5. The second-order valence-electron chi connectivity index (χ2n) is 7.85. The van der Waals surface area contributed by atoms with Gasteiger partial charge in [0.05, 0.1) is 18.0 Å². The molecule has 32 heavy (non-hydrogen) atoms. The summed E-state index contributed by atoms with van der Waals surface area (Å²) in [5, 5.41) is 4.47. The number of aromatic nitrogens is 3. The minimum atomic E-state index is -0.722. The highest BCUT2D eigenvalue weighted by atomic mass is 16.3. The van der Waals surface area contributed by atoms with E-state index in [1.165, 1.54) is 10.9 Å². The van der Waals surface area contributed by atoms with Crippen LogP contribution in [-0.2, 0) is 4.79 Å². The Balaban J connectivity index is 1.39. The standard InChI is InChI=1S/C22H23N5O5/c1-3-15(20(28)24-7-9-25(10-8-24)22(30)18-5-4-11-31-18)27-21(29)17-13-19-16(6-12-32-19)26(17)14(2)23-27/h4-6,11-13,15H,3,7-10H2,1-2H3. The van der Waals surface area contributed by atoms with E-state index in [2.05, 4.69) is 5.10 Å². The third-order valence-corrected chi connectivity index (χ3v) is 6.00. The maximum absolute atomic E-state index is 13.3. The Kier molecular flexibility index (Phi) is 4.84. The van der Waals surface area contributed by atoms with Crippen LogP contribution in [-0.4, -0.2) is 62.0 Å². The van der Waals surface area contributed by atoms with E-state index in [9.17, 15) is 14.4 Å². The van der Waals surface area contributed by atoms with Crippen molar-refractivity contribution in [2.24, 2.45) is 0 Å². The number of fused-ring (bicyclic) bond motifs is 3. The zero-order valence-electron chi connectivity index (χ0n) is 17.9. The van der Waals surface area contributed by atoms with E-state index >= 15 is 0 Å². The first-order valence-electron chi connectivity index (χ1n) is 10.6. The number of furan rings is 2. The molecule has 1 atom stereocenters.